The average Bonchev–Trinajstić information content (AvgIpc) is 2.72. The zero-order chi connectivity index (χ0) is 56.6. The minimum atomic E-state index is -0.904. The van der Waals surface area contributed by atoms with Gasteiger partial charge in [-0.05, 0) is 59.5 Å². The Morgan fingerprint density at radius 2 is 0.807 bits per heavy atom. The topological polar surface area (TPSA) is 14.8 Å². The van der Waals surface area contributed by atoms with E-state index in [1.165, 1.54) is 4.57 Å². The number of hydrogen-bond acceptors (Lipinski definition) is 0. The van der Waals surface area contributed by atoms with Gasteiger partial charge in [-0.25, -0.2) is 0 Å². The van der Waals surface area contributed by atoms with Gasteiger partial charge in [-0.15, -0.1) is 0 Å². The van der Waals surface area contributed by atoms with Gasteiger partial charge in [0.2, 0.25) is 0 Å². The summed E-state index contributed by atoms with van der Waals surface area (Å²) in [6.45, 7) is 0. The summed E-state index contributed by atoms with van der Waals surface area (Å²) in [5, 5.41) is -2.46. The van der Waals surface area contributed by atoms with Crippen LogP contribution < -0.4 is 0 Å². The maximum Gasteiger partial charge on any atom is 0.0667 e. The summed E-state index contributed by atoms with van der Waals surface area (Å²) in [7, 11) is 0. The Morgan fingerprint density at radius 3 is 1.39 bits per heavy atom. The predicted octanol–water partition coefficient (Wildman–Crippen LogP) is 14.3. The lowest BCUT2D eigenvalue weighted by Crippen LogP contribution is -2.01. The summed E-state index contributed by atoms with van der Waals surface area (Å²) >= 11 is 0. The largest absolute Gasteiger partial charge is 0.309 e. The molecular weight excluding hydrogens is 691 g/mol. The molecule has 12 aromatic rings. The van der Waals surface area contributed by atoms with Crippen molar-refractivity contribution in [3.05, 3.63) is 212 Å². The molecule has 3 heterocycles. The molecule has 0 radical (unpaired) electrons. The molecule has 0 unspecified atom stereocenters. The molecule has 0 aliphatic carbocycles. The molecule has 3 heteroatoms. The summed E-state index contributed by atoms with van der Waals surface area (Å²) in [5.41, 5.74) is -1.48. The predicted molar refractivity (Wildman–Crippen MR) is 240 cm³/mol. The van der Waals surface area contributed by atoms with Crippen molar-refractivity contribution in [3.8, 4) is 39.3 Å². The van der Waals surface area contributed by atoms with Gasteiger partial charge < -0.3 is 13.7 Å². The molecule has 0 aliphatic rings. The average molecular weight is 748 g/mol. The van der Waals surface area contributed by atoms with Gasteiger partial charge in [0.1, 0.15) is 0 Å². The van der Waals surface area contributed by atoms with Crippen LogP contribution in [0.1, 0.15) is 30.2 Å². The monoisotopic (exact) mass is 747 g/mol. The molecule has 0 N–H and O–H groups in total. The number of nitrogens with zero attached hydrogens (tertiary/aromatic N) is 3. The second-order valence-electron chi connectivity index (χ2n) is 13.2. The van der Waals surface area contributed by atoms with Crippen LogP contribution in [0.15, 0.2) is 212 Å². The number of para-hydroxylation sites is 5. The first-order chi connectivity index (χ1) is 37.5. The molecule has 266 valence electrons. The SMILES string of the molecule is [2H]c1c([2H])c([2H])c2c(c1[2H])c1c([2H])c([2H])c([2H])c([2H])c1n2-c1c([2H])c([2H])c2c3c([2H])c([2H])c([2H])c([2H])c3n(-c3c([2H])c([2H])c([2H])c4c3c3c([2H])c([2H])c([2H])c([2H])c3n4-c3c(-c4ccccc4)cccc3-c3ccccc3)c2c1[2H]. The first-order valence-electron chi connectivity index (χ1n) is 28.8. The Hall–Kier alpha value is -7.62. The molecule has 57 heavy (non-hydrogen) atoms. The van der Waals surface area contributed by atoms with E-state index in [1.807, 2.05) is 24.3 Å². The lowest BCUT2D eigenvalue weighted by molar-refractivity contribution is 1.16. The summed E-state index contributed by atoms with van der Waals surface area (Å²) in [6, 6.07) is 6.05. The van der Waals surface area contributed by atoms with Crippen LogP contribution in [0.5, 0.6) is 0 Å². The van der Waals surface area contributed by atoms with E-state index < -0.39 is 188 Å². The minimum absolute atomic E-state index is 0.237. The van der Waals surface area contributed by atoms with Gasteiger partial charge in [0.05, 0.1) is 74.6 Å². The fraction of sp³-hybridized carbons (Fsp3) is 0. The van der Waals surface area contributed by atoms with E-state index in [9.17, 15) is 16.4 Å². The highest BCUT2D eigenvalue weighted by molar-refractivity contribution is 6.17. The molecule has 3 nitrogen and oxygen atoms in total. The highest BCUT2D eigenvalue weighted by Gasteiger charge is 2.23. The fourth-order valence-corrected chi connectivity index (χ4v) is 7.92. The van der Waals surface area contributed by atoms with Crippen molar-refractivity contribution in [2.75, 3.05) is 0 Å². The number of hydrogen-bond donors (Lipinski definition) is 0. The van der Waals surface area contributed by atoms with E-state index in [-0.39, 0.29) is 27.5 Å². The van der Waals surface area contributed by atoms with Crippen molar-refractivity contribution in [2.24, 2.45) is 0 Å². The van der Waals surface area contributed by atoms with Crippen LogP contribution in [-0.2, 0) is 0 Å². The molecule has 0 spiro atoms. The van der Waals surface area contributed by atoms with Crippen LogP contribution >= 0.6 is 0 Å². The van der Waals surface area contributed by atoms with E-state index in [1.54, 1.807) is 54.6 Å². The Kier molecular flexibility index (Phi) is 3.72. The maximum absolute atomic E-state index is 10.4. The van der Waals surface area contributed by atoms with E-state index in [2.05, 4.69) is 0 Å². The Labute approximate surface area is 360 Å². The van der Waals surface area contributed by atoms with Gasteiger partial charge >= 0.3 is 0 Å². The van der Waals surface area contributed by atoms with Crippen molar-refractivity contribution in [3.63, 3.8) is 0 Å². The third-order valence-electron chi connectivity index (χ3n) is 10.3. The number of rotatable bonds is 5. The Morgan fingerprint density at radius 1 is 0.333 bits per heavy atom. The maximum atomic E-state index is 10.4. The van der Waals surface area contributed by atoms with Gasteiger partial charge in [0.15, 0.2) is 0 Å². The molecule has 0 fully saturated rings. The molecule has 12 rings (SSSR count). The number of fused-ring (bicyclic) bond motifs is 9. The van der Waals surface area contributed by atoms with Gasteiger partial charge in [-0.3, -0.25) is 0 Å². The zero-order valence-corrected chi connectivity index (χ0v) is 29.3. The first-order valence-corrected chi connectivity index (χ1v) is 17.8. The van der Waals surface area contributed by atoms with Crippen molar-refractivity contribution in [1.29, 1.82) is 0 Å². The summed E-state index contributed by atoms with van der Waals surface area (Å²) in [5.74, 6) is 0. The molecule has 0 atom stereocenters. The van der Waals surface area contributed by atoms with Crippen LogP contribution in [0.2, 0.25) is 0 Å². The Balaban J connectivity index is 1.39. The van der Waals surface area contributed by atoms with Crippen molar-refractivity contribution in [1.82, 2.24) is 13.7 Å². The van der Waals surface area contributed by atoms with Gasteiger partial charge in [0.25, 0.3) is 0 Å². The van der Waals surface area contributed by atoms with Crippen LogP contribution in [0.4, 0.5) is 0 Å². The lowest BCUT2D eigenvalue weighted by atomic mass is 9.95. The van der Waals surface area contributed by atoms with Crippen LogP contribution in [0.25, 0.3) is 105 Å². The highest BCUT2D eigenvalue weighted by atomic mass is 15.0. The van der Waals surface area contributed by atoms with Crippen molar-refractivity contribution < 1.29 is 30.2 Å². The molecule has 3 aromatic heterocycles. The van der Waals surface area contributed by atoms with Crippen LogP contribution in [-0.4, -0.2) is 13.7 Å². The fourth-order valence-electron chi connectivity index (χ4n) is 7.92. The molecule has 0 amide bonds. The quantitative estimate of drug-likeness (QED) is 0.167. The molecule has 9 aromatic carbocycles. The van der Waals surface area contributed by atoms with E-state index in [0.29, 0.717) is 22.3 Å². The number of benzene rings is 9. The van der Waals surface area contributed by atoms with E-state index in [0.717, 1.165) is 9.13 Å². The molecule has 0 bridgehead atoms. The van der Waals surface area contributed by atoms with Gasteiger partial charge in [-0.2, -0.15) is 0 Å². The highest BCUT2D eigenvalue weighted by Crippen LogP contribution is 2.44. The normalized spacial score (nSPS) is 17.3. The summed E-state index contributed by atoms with van der Waals surface area (Å²) in [6.07, 6.45) is 0. The molecule has 0 saturated heterocycles. The Bertz CT molecular complexity index is 4660. The van der Waals surface area contributed by atoms with Gasteiger partial charge in [0, 0.05) is 49.1 Å². The minimum Gasteiger partial charge on any atom is -0.309 e. The molecule has 0 aliphatic heterocycles. The van der Waals surface area contributed by atoms with Crippen LogP contribution in [0.3, 0.4) is 0 Å². The standard InChI is InChI=1S/C54H35N3/c1-3-17-36(18-4-1)39-25-15-26-40(37-19-5-2-6-20-37)54(39)57-49-30-14-10-24-45(49)53-50(31-16-32-51(53)57)56-48-29-13-9-23-43(48)44-34-33-38(35-52(44)56)55-46-27-11-7-21-41(46)42-22-8-12-28-47(42)55/h1-35H/i7D,8D,9D,10D,11D,12D,13D,14D,16D,21D,22D,23D,24D,27D,28D,29D,30D,31D,32D,33D,34D,35D. The zero-order valence-electron chi connectivity index (χ0n) is 51.3. The lowest BCUT2D eigenvalue weighted by Gasteiger charge is -2.19. The second kappa shape index (κ2) is 12.5. The van der Waals surface area contributed by atoms with E-state index >= 15 is 0 Å². The summed E-state index contributed by atoms with van der Waals surface area (Å²) < 4.78 is 208. The van der Waals surface area contributed by atoms with Crippen molar-refractivity contribution in [2.45, 2.75) is 0 Å². The summed E-state index contributed by atoms with van der Waals surface area (Å²) in [4.78, 5) is 0. The van der Waals surface area contributed by atoms with Crippen molar-refractivity contribution >= 4 is 65.4 Å². The molecular formula is C54H35N3. The second-order valence-corrected chi connectivity index (χ2v) is 13.2. The van der Waals surface area contributed by atoms with Crippen LogP contribution in [0, 0.1) is 0 Å². The third-order valence-corrected chi connectivity index (χ3v) is 10.3. The van der Waals surface area contributed by atoms with E-state index in [4.69, 9.17) is 13.7 Å². The third kappa shape index (κ3) is 4.66. The first kappa shape index (κ1) is 17.0. The molecule has 0 saturated carbocycles. The smallest absolute Gasteiger partial charge is 0.0667 e. The van der Waals surface area contributed by atoms with Gasteiger partial charge in [-0.1, -0.05) is 163 Å². The number of aromatic nitrogens is 3.